The summed E-state index contributed by atoms with van der Waals surface area (Å²) in [6.07, 6.45) is -0.389. The van der Waals surface area contributed by atoms with E-state index in [0.717, 1.165) is 24.1 Å². The van der Waals surface area contributed by atoms with Gasteiger partial charge in [0.15, 0.2) is 0 Å². The lowest BCUT2D eigenvalue weighted by atomic mass is 9.93. The number of fused-ring (bicyclic) bond motifs is 2. The molecule has 0 radical (unpaired) electrons. The van der Waals surface area contributed by atoms with Gasteiger partial charge in [0, 0.05) is 24.9 Å². The first kappa shape index (κ1) is 27.2. The van der Waals surface area contributed by atoms with Crippen molar-refractivity contribution in [2.45, 2.75) is 79.5 Å². The minimum Gasteiger partial charge on any atom is -0.595 e. The predicted molar refractivity (Wildman–Crippen MR) is 124 cm³/mol. The lowest BCUT2D eigenvalue weighted by Crippen LogP contribution is -2.64. The molecule has 10 nitrogen and oxygen atoms in total. The Balaban J connectivity index is 1.87. The van der Waals surface area contributed by atoms with E-state index in [1.807, 2.05) is 12.2 Å². The number of hydroxylamine groups is 1. The summed E-state index contributed by atoms with van der Waals surface area (Å²) in [6, 6.07) is -0.831. The van der Waals surface area contributed by atoms with E-state index < -0.39 is 52.0 Å². The van der Waals surface area contributed by atoms with Crippen LogP contribution in [0.25, 0.3) is 0 Å². The van der Waals surface area contributed by atoms with E-state index in [9.17, 15) is 24.7 Å². The third-order valence-electron chi connectivity index (χ3n) is 5.93. The monoisotopic (exact) mass is 508 g/mol. The van der Waals surface area contributed by atoms with Crippen molar-refractivity contribution in [2.24, 2.45) is 0 Å². The van der Waals surface area contributed by atoms with E-state index >= 15 is 0 Å². The summed E-state index contributed by atoms with van der Waals surface area (Å²) in [6.45, 7) is 9.21. The smallest absolute Gasteiger partial charge is 0.318 e. The minimum absolute atomic E-state index is 0.0877. The van der Waals surface area contributed by atoms with Gasteiger partial charge in [-0.2, -0.15) is 0 Å². The van der Waals surface area contributed by atoms with E-state index in [4.69, 9.17) is 14.3 Å². The van der Waals surface area contributed by atoms with Crippen molar-refractivity contribution in [3.05, 3.63) is 12.2 Å². The second kappa shape index (κ2) is 12.0. The number of allylic oxidation sites excluding steroid dienone is 1. The first-order valence-electron chi connectivity index (χ1n) is 11.3. The zero-order valence-electron chi connectivity index (χ0n) is 19.3. The molecule has 3 N–H and O–H groups in total. The van der Waals surface area contributed by atoms with Crippen LogP contribution in [0.15, 0.2) is 12.2 Å². The van der Waals surface area contributed by atoms with Crippen LogP contribution in [-0.2, 0) is 30.5 Å². The van der Waals surface area contributed by atoms with E-state index in [0.29, 0.717) is 19.6 Å². The Bertz CT molecular complexity index is 661. The Morgan fingerprint density at radius 2 is 1.85 bits per heavy atom. The molecule has 0 aliphatic carbocycles. The molecule has 3 aliphatic rings. The van der Waals surface area contributed by atoms with Gasteiger partial charge in [-0.25, -0.2) is 0 Å². The maximum Gasteiger partial charge on any atom is 0.318 e. The third-order valence-corrected chi connectivity index (χ3v) is 9.04. The van der Waals surface area contributed by atoms with Gasteiger partial charge in [-0.05, 0) is 33.6 Å². The molecule has 0 aromatic heterocycles. The molecule has 190 valence electrons. The van der Waals surface area contributed by atoms with Crippen LogP contribution in [0.3, 0.4) is 0 Å². The first-order chi connectivity index (χ1) is 15.6. The summed E-state index contributed by atoms with van der Waals surface area (Å²) in [5.41, 5.74) is -0.811. The lowest BCUT2D eigenvalue weighted by molar-refractivity contribution is -0.229. The van der Waals surface area contributed by atoms with E-state index in [-0.39, 0.29) is 18.1 Å². The molecule has 3 aliphatic heterocycles. The van der Waals surface area contributed by atoms with Gasteiger partial charge in [0.05, 0.1) is 29.0 Å². The molecule has 0 saturated carbocycles. The Kier molecular flexibility index (Phi) is 9.90. The van der Waals surface area contributed by atoms with E-state index in [1.165, 1.54) is 11.8 Å². The summed E-state index contributed by atoms with van der Waals surface area (Å²) in [7, 11) is 0. The van der Waals surface area contributed by atoms with Crippen LogP contribution in [-0.4, -0.2) is 114 Å². The van der Waals surface area contributed by atoms with Crippen LogP contribution in [0.1, 0.15) is 33.6 Å². The average molecular weight is 509 g/mol. The summed E-state index contributed by atoms with van der Waals surface area (Å²) in [5.74, 6) is 0. The summed E-state index contributed by atoms with van der Waals surface area (Å²) in [4.78, 5) is 18.7. The zero-order valence-corrected chi connectivity index (χ0v) is 21.0. The topological polar surface area (TPSA) is 135 Å². The Labute approximate surface area is 202 Å². The van der Waals surface area contributed by atoms with Gasteiger partial charge in [0.1, 0.15) is 40.6 Å². The van der Waals surface area contributed by atoms with Crippen LogP contribution >= 0.6 is 11.8 Å². The van der Waals surface area contributed by atoms with Gasteiger partial charge in [-0.3, -0.25) is 9.69 Å². The fourth-order valence-electron chi connectivity index (χ4n) is 4.11. The molecular weight excluding hydrogens is 472 g/mol. The highest BCUT2D eigenvalue weighted by Crippen LogP contribution is 2.37. The molecular formula is C21H36N2O8S2. The number of aliphatic hydroxyl groups is 3. The quantitative estimate of drug-likeness (QED) is 0.190. The molecule has 3 heterocycles. The van der Waals surface area contributed by atoms with Crippen molar-refractivity contribution in [1.82, 2.24) is 9.37 Å². The van der Waals surface area contributed by atoms with Gasteiger partial charge < -0.3 is 34.2 Å². The Morgan fingerprint density at radius 3 is 2.48 bits per heavy atom. The molecule has 0 aromatic carbocycles. The SMILES string of the molecule is CC(C)(C)[S@@+]([O-])N(OC=O)[C@@H]1C/C=C\C[C@@H](CN2CCOCC2)S[C@H]2O[C@H]1[C@H](O)[C@H](O)[C@H]2O. The summed E-state index contributed by atoms with van der Waals surface area (Å²) < 4.78 is 25.0. The lowest BCUT2D eigenvalue weighted by Gasteiger charge is -2.46. The highest BCUT2D eigenvalue weighted by atomic mass is 32.2. The third kappa shape index (κ3) is 6.84. The number of hydrogen-bond donors (Lipinski definition) is 3. The molecule has 8 atom stereocenters. The first-order valence-corrected chi connectivity index (χ1v) is 13.3. The van der Waals surface area contributed by atoms with Crippen molar-refractivity contribution >= 4 is 29.6 Å². The number of aliphatic hydroxyl groups excluding tert-OH is 3. The standard InChI is InChI=1S/C21H36N2O8S2/c1-21(2,3)33(28)23(30-13-24)15-7-5-4-6-14(12-22-8-10-29-11-9-22)32-20-18(27)16(25)17(26)19(15)31-20/h4-5,13-20,25-27H,6-12H2,1-3H3/b5-4-/t14-,15+,16-,17+,18+,19+,20+,33+/m0/s1. The number of rotatable bonds is 6. The average Bonchev–Trinajstić information content (AvgIpc) is 2.78. The molecule has 2 saturated heterocycles. The maximum atomic E-state index is 13.2. The predicted octanol–water partition coefficient (Wildman–Crippen LogP) is -0.201. The zero-order chi connectivity index (χ0) is 24.2. The van der Waals surface area contributed by atoms with Gasteiger partial charge in [-0.15, -0.1) is 11.8 Å². The molecule has 0 amide bonds. The number of morpholine rings is 1. The van der Waals surface area contributed by atoms with Crippen LogP contribution in [0.2, 0.25) is 0 Å². The molecule has 3 rings (SSSR count). The van der Waals surface area contributed by atoms with Gasteiger partial charge in [-0.1, -0.05) is 12.2 Å². The molecule has 0 aromatic rings. The fourth-order valence-corrected chi connectivity index (χ4v) is 6.63. The highest BCUT2D eigenvalue weighted by Gasteiger charge is 2.52. The number of hydrogen-bond acceptors (Lipinski definition) is 11. The van der Waals surface area contributed by atoms with Gasteiger partial charge in [0.25, 0.3) is 0 Å². The molecule has 2 bridgehead atoms. The Hall–Kier alpha value is -0.410. The van der Waals surface area contributed by atoms with Crippen molar-refractivity contribution in [3.8, 4) is 0 Å². The van der Waals surface area contributed by atoms with Crippen LogP contribution in [0, 0.1) is 0 Å². The molecule has 0 unspecified atom stereocenters. The van der Waals surface area contributed by atoms with Crippen molar-refractivity contribution < 1.29 is 39.0 Å². The van der Waals surface area contributed by atoms with Crippen molar-refractivity contribution in [1.29, 1.82) is 0 Å². The number of nitrogens with zero attached hydrogens (tertiary/aromatic N) is 2. The highest BCUT2D eigenvalue weighted by molar-refractivity contribution is 8.00. The van der Waals surface area contributed by atoms with E-state index in [2.05, 4.69) is 4.90 Å². The fraction of sp³-hybridized carbons (Fsp3) is 0.857. The number of carbonyl (C=O) groups excluding carboxylic acids is 1. The summed E-state index contributed by atoms with van der Waals surface area (Å²) in [5, 5.41) is 32.1. The van der Waals surface area contributed by atoms with Crippen molar-refractivity contribution in [2.75, 3.05) is 32.8 Å². The molecule has 2 fully saturated rings. The second-order valence-electron chi connectivity index (χ2n) is 9.47. The number of thioether (sulfide) groups is 1. The number of ether oxygens (including phenoxy) is 2. The second-order valence-corrected chi connectivity index (χ2v) is 13.0. The normalized spacial score (nSPS) is 38.5. The Morgan fingerprint density at radius 1 is 1.18 bits per heavy atom. The van der Waals surface area contributed by atoms with Gasteiger partial charge in [0.2, 0.25) is 0 Å². The largest absolute Gasteiger partial charge is 0.595 e. The molecule has 33 heavy (non-hydrogen) atoms. The van der Waals surface area contributed by atoms with Crippen LogP contribution in [0.4, 0.5) is 0 Å². The molecule has 0 spiro atoms. The van der Waals surface area contributed by atoms with Crippen LogP contribution < -0.4 is 0 Å². The summed E-state index contributed by atoms with van der Waals surface area (Å²) >= 11 is -0.357. The minimum atomic E-state index is -1.77. The van der Waals surface area contributed by atoms with E-state index in [1.54, 1.807) is 20.8 Å². The number of carbonyl (C=O) groups is 1. The maximum absolute atomic E-state index is 13.2. The van der Waals surface area contributed by atoms with Gasteiger partial charge >= 0.3 is 6.47 Å². The van der Waals surface area contributed by atoms with Crippen molar-refractivity contribution in [3.63, 3.8) is 0 Å². The molecule has 12 heteroatoms. The van der Waals surface area contributed by atoms with Crippen LogP contribution in [0.5, 0.6) is 0 Å².